The first-order valence-electron chi connectivity index (χ1n) is 8.45. The minimum atomic E-state index is -0.311. The molecule has 0 spiro atoms. The fourth-order valence-corrected chi connectivity index (χ4v) is 3.85. The van der Waals surface area contributed by atoms with Crippen molar-refractivity contribution in [3.63, 3.8) is 0 Å². The summed E-state index contributed by atoms with van der Waals surface area (Å²) in [6.07, 6.45) is 5.76. The zero-order valence-electron chi connectivity index (χ0n) is 12.9. The molecule has 22 heavy (non-hydrogen) atoms. The van der Waals surface area contributed by atoms with Crippen LogP contribution in [0.25, 0.3) is 0 Å². The molecule has 0 aromatic heterocycles. The Morgan fingerprint density at radius 1 is 1.32 bits per heavy atom. The maximum atomic E-state index is 12.8. The van der Waals surface area contributed by atoms with Gasteiger partial charge in [-0.15, -0.1) is 0 Å². The summed E-state index contributed by atoms with van der Waals surface area (Å²) in [5.41, 5.74) is 0.764. The second-order valence-electron chi connectivity index (χ2n) is 7.25. The number of carbonyl (C=O) groups is 1. The molecule has 3 nitrogen and oxygen atoms in total. The van der Waals surface area contributed by atoms with Gasteiger partial charge in [-0.2, -0.15) is 0 Å². The van der Waals surface area contributed by atoms with Gasteiger partial charge in [-0.05, 0) is 55.7 Å². The van der Waals surface area contributed by atoms with Crippen LogP contribution in [0.4, 0.5) is 0 Å². The van der Waals surface area contributed by atoms with Crippen LogP contribution in [-0.4, -0.2) is 36.5 Å². The second-order valence-corrected chi connectivity index (χ2v) is 7.69. The highest BCUT2D eigenvalue weighted by atomic mass is 35.5. The topological polar surface area (TPSA) is 32.3 Å². The number of likely N-dealkylation sites (tertiary alicyclic amines) is 1. The monoisotopic (exact) mass is 318 g/mol. The number of nitrogens with one attached hydrogen (secondary N) is 1. The van der Waals surface area contributed by atoms with E-state index in [0.29, 0.717) is 11.1 Å². The standard InChI is InChI=1S/C18H23ClN2O/c19-15-3-1-2-14(10-15)18(7-8-18)17(22)20-16-6-9-21(12-16)11-13-4-5-13/h1-3,10,13,16H,4-9,11-12H2,(H,20,22). The molecular formula is C18H23ClN2O. The molecule has 2 saturated carbocycles. The van der Waals surface area contributed by atoms with Crippen LogP contribution in [0.15, 0.2) is 24.3 Å². The van der Waals surface area contributed by atoms with E-state index in [9.17, 15) is 4.79 Å². The third kappa shape index (κ3) is 2.89. The van der Waals surface area contributed by atoms with E-state index >= 15 is 0 Å². The van der Waals surface area contributed by atoms with Crippen LogP contribution in [-0.2, 0) is 10.2 Å². The minimum absolute atomic E-state index is 0.202. The molecule has 4 heteroatoms. The van der Waals surface area contributed by atoms with Crippen LogP contribution in [0, 0.1) is 5.92 Å². The van der Waals surface area contributed by atoms with Crippen molar-refractivity contribution in [1.82, 2.24) is 10.2 Å². The smallest absolute Gasteiger partial charge is 0.230 e. The SMILES string of the molecule is O=C(NC1CCN(CC2CC2)C1)C1(c2cccc(Cl)c2)CC1. The predicted octanol–water partition coefficient (Wildman–Crippen LogP) is 2.97. The lowest BCUT2D eigenvalue weighted by molar-refractivity contribution is -0.124. The van der Waals surface area contributed by atoms with E-state index in [0.717, 1.165) is 43.8 Å². The van der Waals surface area contributed by atoms with E-state index in [1.54, 1.807) is 0 Å². The molecule has 2 aliphatic carbocycles. The number of rotatable bonds is 5. The van der Waals surface area contributed by atoms with Gasteiger partial charge in [0.2, 0.25) is 5.91 Å². The summed E-state index contributed by atoms with van der Waals surface area (Å²) in [6, 6.07) is 8.11. The lowest BCUT2D eigenvalue weighted by atomic mass is 9.94. The van der Waals surface area contributed by atoms with E-state index in [1.807, 2.05) is 24.3 Å². The Labute approximate surface area is 137 Å². The molecular weight excluding hydrogens is 296 g/mol. The van der Waals surface area contributed by atoms with Gasteiger partial charge in [-0.3, -0.25) is 4.79 Å². The summed E-state index contributed by atoms with van der Waals surface area (Å²) < 4.78 is 0. The molecule has 4 rings (SSSR count). The predicted molar refractivity (Wildman–Crippen MR) is 88.1 cm³/mol. The van der Waals surface area contributed by atoms with Crippen molar-refractivity contribution in [2.24, 2.45) is 5.92 Å². The van der Waals surface area contributed by atoms with Crippen molar-refractivity contribution in [2.75, 3.05) is 19.6 Å². The van der Waals surface area contributed by atoms with Crippen LogP contribution >= 0.6 is 11.6 Å². The van der Waals surface area contributed by atoms with Gasteiger partial charge in [0, 0.05) is 30.7 Å². The van der Waals surface area contributed by atoms with Gasteiger partial charge >= 0.3 is 0 Å². The van der Waals surface area contributed by atoms with Crippen molar-refractivity contribution in [2.45, 2.75) is 43.6 Å². The zero-order chi connectivity index (χ0) is 15.2. The van der Waals surface area contributed by atoms with Gasteiger partial charge < -0.3 is 10.2 Å². The van der Waals surface area contributed by atoms with Gasteiger partial charge in [0.25, 0.3) is 0 Å². The maximum absolute atomic E-state index is 12.8. The van der Waals surface area contributed by atoms with E-state index < -0.39 is 0 Å². The molecule has 0 bridgehead atoms. The molecule has 1 atom stereocenters. The number of carbonyl (C=O) groups excluding carboxylic acids is 1. The van der Waals surface area contributed by atoms with E-state index in [4.69, 9.17) is 11.6 Å². The summed E-state index contributed by atoms with van der Waals surface area (Å²) in [4.78, 5) is 15.3. The van der Waals surface area contributed by atoms with E-state index in [1.165, 1.54) is 19.4 Å². The lowest BCUT2D eigenvalue weighted by Gasteiger charge is -2.20. The summed E-state index contributed by atoms with van der Waals surface area (Å²) >= 11 is 6.09. The van der Waals surface area contributed by atoms with Crippen molar-refractivity contribution >= 4 is 17.5 Å². The van der Waals surface area contributed by atoms with E-state index in [-0.39, 0.29) is 11.3 Å². The average molecular weight is 319 g/mol. The van der Waals surface area contributed by atoms with Crippen molar-refractivity contribution in [3.8, 4) is 0 Å². The second kappa shape index (κ2) is 5.54. The number of hydrogen-bond acceptors (Lipinski definition) is 2. The van der Waals surface area contributed by atoms with Crippen LogP contribution in [0.2, 0.25) is 5.02 Å². The first-order valence-corrected chi connectivity index (χ1v) is 8.83. The Balaban J connectivity index is 1.38. The molecule has 1 aromatic rings. The highest BCUT2D eigenvalue weighted by Crippen LogP contribution is 2.49. The summed E-state index contributed by atoms with van der Waals surface area (Å²) in [7, 11) is 0. The number of benzene rings is 1. The summed E-state index contributed by atoms with van der Waals surface area (Å²) in [6.45, 7) is 3.38. The summed E-state index contributed by atoms with van der Waals surface area (Å²) in [5, 5.41) is 4.02. The lowest BCUT2D eigenvalue weighted by Crippen LogP contribution is -2.43. The van der Waals surface area contributed by atoms with E-state index in [2.05, 4.69) is 10.2 Å². The van der Waals surface area contributed by atoms with Crippen molar-refractivity contribution in [3.05, 3.63) is 34.9 Å². The summed E-state index contributed by atoms with van der Waals surface area (Å²) in [5.74, 6) is 1.13. The Bertz CT molecular complexity index is 580. The number of hydrogen-bond donors (Lipinski definition) is 1. The molecule has 3 aliphatic rings. The Hall–Kier alpha value is -1.06. The Morgan fingerprint density at radius 2 is 2.14 bits per heavy atom. The molecule has 3 fully saturated rings. The third-order valence-corrected chi connectivity index (χ3v) is 5.62. The number of nitrogens with zero attached hydrogens (tertiary/aromatic N) is 1. The van der Waals surface area contributed by atoms with Crippen LogP contribution in [0.5, 0.6) is 0 Å². The van der Waals surface area contributed by atoms with Gasteiger partial charge in [0.15, 0.2) is 0 Å². The molecule has 1 aromatic carbocycles. The number of halogens is 1. The highest BCUT2D eigenvalue weighted by molar-refractivity contribution is 6.30. The highest BCUT2D eigenvalue weighted by Gasteiger charge is 2.51. The molecule has 1 amide bonds. The maximum Gasteiger partial charge on any atom is 0.230 e. The van der Waals surface area contributed by atoms with Crippen molar-refractivity contribution < 1.29 is 4.79 Å². The van der Waals surface area contributed by atoms with Crippen LogP contribution in [0.3, 0.4) is 0 Å². The first kappa shape index (κ1) is 14.5. The van der Waals surface area contributed by atoms with Crippen LogP contribution in [0.1, 0.15) is 37.7 Å². The molecule has 1 aliphatic heterocycles. The fourth-order valence-electron chi connectivity index (χ4n) is 3.66. The van der Waals surface area contributed by atoms with Crippen LogP contribution < -0.4 is 5.32 Å². The first-order chi connectivity index (χ1) is 10.7. The number of amides is 1. The Kier molecular flexibility index (Phi) is 3.66. The molecule has 1 unspecified atom stereocenters. The molecule has 1 N–H and O–H groups in total. The molecule has 1 heterocycles. The fraction of sp³-hybridized carbons (Fsp3) is 0.611. The zero-order valence-corrected chi connectivity index (χ0v) is 13.6. The van der Waals surface area contributed by atoms with Gasteiger partial charge in [-0.25, -0.2) is 0 Å². The van der Waals surface area contributed by atoms with Gasteiger partial charge in [0.05, 0.1) is 5.41 Å². The quantitative estimate of drug-likeness (QED) is 0.905. The molecule has 1 saturated heterocycles. The average Bonchev–Trinajstić information content (AvgIpc) is 3.40. The van der Waals surface area contributed by atoms with Gasteiger partial charge in [-0.1, -0.05) is 23.7 Å². The molecule has 118 valence electrons. The van der Waals surface area contributed by atoms with Gasteiger partial charge in [0.1, 0.15) is 0 Å². The molecule has 0 radical (unpaired) electrons. The minimum Gasteiger partial charge on any atom is -0.351 e. The van der Waals surface area contributed by atoms with Crippen molar-refractivity contribution in [1.29, 1.82) is 0 Å². The Morgan fingerprint density at radius 3 is 2.82 bits per heavy atom. The third-order valence-electron chi connectivity index (χ3n) is 5.38. The largest absolute Gasteiger partial charge is 0.351 e. The normalized spacial score (nSPS) is 26.9.